The van der Waals surface area contributed by atoms with E-state index in [9.17, 15) is 0 Å². The highest BCUT2D eigenvalue weighted by Crippen LogP contribution is 2.27. The monoisotopic (exact) mass is 382 g/mol. The number of unbranched alkanes of at least 4 members (excludes halogenated alkanes) is 9. The Morgan fingerprint density at radius 1 is 0.917 bits per heavy atom. The molecule has 0 nitrogen and oxygen atoms in total. The van der Waals surface area contributed by atoms with Gasteiger partial charge in [-0.3, -0.25) is 0 Å². The fraction of sp³-hybridized carbons (Fsp3) is 0.714. The first-order valence-electron chi connectivity index (χ1n) is 9.74. The second-order valence-electron chi connectivity index (χ2n) is 7.84. The van der Waals surface area contributed by atoms with Crippen molar-refractivity contribution in [3.8, 4) is 11.5 Å². The lowest BCUT2D eigenvalue weighted by Gasteiger charge is -2.04. The molecule has 0 saturated carbocycles. The Labute approximate surface area is 160 Å². The van der Waals surface area contributed by atoms with Crippen molar-refractivity contribution in [1.29, 1.82) is 0 Å². The molecule has 1 rings (SSSR count). The largest absolute Gasteiger partial charge is 0.129 e. The van der Waals surface area contributed by atoms with Gasteiger partial charge in [0.25, 0.3) is 0 Å². The normalized spacial score (nSPS) is 11.4. The molecule has 0 N–H and O–H groups in total. The van der Waals surface area contributed by atoms with Crippen molar-refractivity contribution in [3.63, 3.8) is 0 Å². The van der Waals surface area contributed by atoms with Crippen molar-refractivity contribution in [3.05, 3.63) is 20.8 Å². The second-order valence-corrected chi connectivity index (χ2v) is 14.3. The van der Waals surface area contributed by atoms with Crippen LogP contribution in [0.1, 0.15) is 81.6 Å². The van der Waals surface area contributed by atoms with Crippen LogP contribution in [-0.4, -0.2) is 8.07 Å². The van der Waals surface area contributed by atoms with Gasteiger partial charge in [-0.15, -0.1) is 16.9 Å². The molecule has 0 spiro atoms. The van der Waals surface area contributed by atoms with Gasteiger partial charge < -0.3 is 0 Å². The lowest BCUT2D eigenvalue weighted by atomic mass is 10.0. The molecule has 0 aromatic carbocycles. The Balaban J connectivity index is 2.22. The Hall–Kier alpha value is -0.233. The third-order valence-electron chi connectivity index (χ3n) is 4.13. The lowest BCUT2D eigenvalue weighted by Crippen LogP contribution is -2.16. The molecule has 1 heterocycles. The van der Waals surface area contributed by atoms with Crippen molar-refractivity contribution in [2.75, 3.05) is 0 Å². The zero-order chi connectivity index (χ0) is 17.8. The summed E-state index contributed by atoms with van der Waals surface area (Å²) in [4.78, 5) is 1.21. The highest BCUT2D eigenvalue weighted by Gasteiger charge is 2.10. The minimum Gasteiger partial charge on any atom is -0.126 e. The van der Waals surface area contributed by atoms with Crippen molar-refractivity contribution in [2.45, 2.75) is 97.2 Å². The molecule has 0 aliphatic heterocycles. The molecule has 0 atom stereocenters. The van der Waals surface area contributed by atoms with Gasteiger partial charge in [-0.05, 0) is 24.5 Å². The standard InChI is InChI=1S/C21H35ClSSi/c1-5-6-7-8-9-10-11-12-13-14-15-19-18-21(22)23-20(19)16-17-24(2,3)4/h18H,5-15H2,1-4H3. The molecule has 136 valence electrons. The van der Waals surface area contributed by atoms with E-state index in [2.05, 4.69) is 44.1 Å². The molecule has 1 aromatic rings. The summed E-state index contributed by atoms with van der Waals surface area (Å²) in [6, 6.07) is 2.13. The maximum Gasteiger partial charge on any atom is 0.129 e. The van der Waals surface area contributed by atoms with E-state index in [1.54, 1.807) is 11.3 Å². The Bertz CT molecular complexity index is 516. The van der Waals surface area contributed by atoms with Crippen molar-refractivity contribution in [2.24, 2.45) is 0 Å². The van der Waals surface area contributed by atoms with E-state index in [0.29, 0.717) is 0 Å². The minimum absolute atomic E-state index is 0.886. The van der Waals surface area contributed by atoms with Crippen molar-refractivity contribution < 1.29 is 0 Å². The molecule has 0 saturated heterocycles. The van der Waals surface area contributed by atoms with Crippen LogP contribution in [0.25, 0.3) is 0 Å². The van der Waals surface area contributed by atoms with E-state index >= 15 is 0 Å². The third-order valence-corrected chi connectivity index (χ3v) is 6.23. The number of halogens is 1. The zero-order valence-electron chi connectivity index (χ0n) is 16.1. The molecule has 0 aliphatic rings. The predicted molar refractivity (Wildman–Crippen MR) is 115 cm³/mol. The van der Waals surface area contributed by atoms with Crippen LogP contribution >= 0.6 is 22.9 Å². The first-order valence-corrected chi connectivity index (χ1v) is 14.4. The van der Waals surface area contributed by atoms with Crippen LogP contribution in [0.15, 0.2) is 6.07 Å². The molecule has 0 aliphatic carbocycles. The van der Waals surface area contributed by atoms with E-state index in [4.69, 9.17) is 11.6 Å². The number of rotatable bonds is 11. The van der Waals surface area contributed by atoms with Crippen LogP contribution in [-0.2, 0) is 6.42 Å². The molecule has 0 radical (unpaired) electrons. The summed E-state index contributed by atoms with van der Waals surface area (Å²) in [5, 5.41) is 0. The van der Waals surface area contributed by atoms with E-state index in [-0.39, 0.29) is 0 Å². The van der Waals surface area contributed by atoms with Gasteiger partial charge in [-0.2, -0.15) is 0 Å². The molecule has 3 heteroatoms. The van der Waals surface area contributed by atoms with Crippen LogP contribution < -0.4 is 0 Å². The molecule has 24 heavy (non-hydrogen) atoms. The highest BCUT2D eigenvalue weighted by molar-refractivity contribution is 7.16. The molecule has 1 aromatic heterocycles. The summed E-state index contributed by atoms with van der Waals surface area (Å²) < 4.78 is 0.886. The highest BCUT2D eigenvalue weighted by atomic mass is 35.5. The molecule has 0 bridgehead atoms. The summed E-state index contributed by atoms with van der Waals surface area (Å²) >= 11 is 7.86. The fourth-order valence-electron chi connectivity index (χ4n) is 2.73. The topological polar surface area (TPSA) is 0 Å². The van der Waals surface area contributed by atoms with Gasteiger partial charge in [-0.25, -0.2) is 0 Å². The van der Waals surface area contributed by atoms with Crippen molar-refractivity contribution >= 4 is 31.0 Å². The van der Waals surface area contributed by atoms with Crippen LogP contribution in [0.4, 0.5) is 0 Å². The number of aryl methyl sites for hydroxylation is 1. The number of thiophene rings is 1. The van der Waals surface area contributed by atoms with Gasteiger partial charge in [0.05, 0.1) is 9.21 Å². The zero-order valence-corrected chi connectivity index (χ0v) is 18.7. The first-order chi connectivity index (χ1) is 11.4. The Morgan fingerprint density at radius 3 is 2.00 bits per heavy atom. The quantitative estimate of drug-likeness (QED) is 0.206. The first kappa shape index (κ1) is 21.8. The molecular weight excluding hydrogens is 348 g/mol. The maximum atomic E-state index is 6.21. The molecule has 0 amide bonds. The summed E-state index contributed by atoms with van der Waals surface area (Å²) in [6.45, 7) is 9.15. The Morgan fingerprint density at radius 2 is 1.46 bits per heavy atom. The summed E-state index contributed by atoms with van der Waals surface area (Å²) in [5.74, 6) is 3.41. The molecule has 0 unspecified atom stereocenters. The van der Waals surface area contributed by atoms with E-state index in [0.717, 1.165) is 10.8 Å². The molecular formula is C21H35ClSSi. The second kappa shape index (κ2) is 12.2. The van der Waals surface area contributed by atoms with Crippen LogP contribution in [0.5, 0.6) is 0 Å². The predicted octanol–water partition coefficient (Wildman–Crippen LogP) is 8.09. The average molecular weight is 383 g/mol. The van der Waals surface area contributed by atoms with Crippen LogP contribution in [0, 0.1) is 11.5 Å². The molecule has 0 fully saturated rings. The van der Waals surface area contributed by atoms with E-state index in [1.165, 1.54) is 74.6 Å². The fourth-order valence-corrected chi connectivity index (χ4v) is 4.48. The SMILES string of the molecule is CCCCCCCCCCCCc1cc(Cl)sc1C#C[Si](C)(C)C. The van der Waals surface area contributed by atoms with Gasteiger partial charge in [-0.1, -0.05) is 102 Å². The van der Waals surface area contributed by atoms with Crippen molar-refractivity contribution in [1.82, 2.24) is 0 Å². The van der Waals surface area contributed by atoms with Crippen LogP contribution in [0.2, 0.25) is 24.0 Å². The summed E-state index contributed by atoms with van der Waals surface area (Å²) in [6.07, 6.45) is 15.0. The summed E-state index contributed by atoms with van der Waals surface area (Å²) in [7, 11) is -1.32. The minimum atomic E-state index is -1.32. The smallest absolute Gasteiger partial charge is 0.126 e. The van der Waals surface area contributed by atoms with E-state index < -0.39 is 8.07 Å². The van der Waals surface area contributed by atoms with Crippen LogP contribution in [0.3, 0.4) is 0 Å². The maximum absolute atomic E-state index is 6.21. The lowest BCUT2D eigenvalue weighted by molar-refractivity contribution is 0.556. The van der Waals surface area contributed by atoms with Gasteiger partial charge in [0, 0.05) is 0 Å². The summed E-state index contributed by atoms with van der Waals surface area (Å²) in [5.41, 5.74) is 4.84. The third kappa shape index (κ3) is 10.6. The average Bonchev–Trinajstić information content (AvgIpc) is 2.86. The van der Waals surface area contributed by atoms with Gasteiger partial charge >= 0.3 is 0 Å². The Kier molecular flexibility index (Phi) is 11.1. The number of hydrogen-bond donors (Lipinski definition) is 0. The number of hydrogen-bond acceptors (Lipinski definition) is 1. The van der Waals surface area contributed by atoms with E-state index in [1.807, 2.05) is 0 Å². The van der Waals surface area contributed by atoms with Gasteiger partial charge in [0.2, 0.25) is 0 Å². The van der Waals surface area contributed by atoms with Gasteiger partial charge in [0.15, 0.2) is 0 Å². The van der Waals surface area contributed by atoms with Gasteiger partial charge in [0.1, 0.15) is 8.07 Å².